The van der Waals surface area contributed by atoms with Crippen LogP contribution in [0.5, 0.6) is 0 Å². The molecule has 1 aliphatic heterocycles. The molecule has 43 heavy (non-hydrogen) atoms. The summed E-state index contributed by atoms with van der Waals surface area (Å²) >= 11 is 1.17. The maximum absolute atomic E-state index is 13.3. The number of amidine groups is 1. The lowest BCUT2D eigenvalue weighted by Gasteiger charge is -2.17. The van der Waals surface area contributed by atoms with Gasteiger partial charge in [-0.1, -0.05) is 90.6 Å². The second-order valence-electron chi connectivity index (χ2n) is 9.60. The van der Waals surface area contributed by atoms with Crippen molar-refractivity contribution in [2.45, 2.75) is 0 Å². The number of amides is 2. The van der Waals surface area contributed by atoms with E-state index in [-0.39, 0.29) is 23.1 Å². The van der Waals surface area contributed by atoms with Gasteiger partial charge in [0.25, 0.3) is 5.91 Å². The molecule has 0 radical (unpaired) electrons. The monoisotopic (exact) mass is 584 g/mol. The van der Waals surface area contributed by atoms with Crippen LogP contribution < -0.4 is 10.2 Å². The highest BCUT2D eigenvalue weighted by Crippen LogP contribution is 2.30. The van der Waals surface area contributed by atoms with Gasteiger partial charge < -0.3 is 10.4 Å². The van der Waals surface area contributed by atoms with Gasteiger partial charge in [-0.3, -0.25) is 14.5 Å². The van der Waals surface area contributed by atoms with Crippen molar-refractivity contribution in [2.75, 3.05) is 16.0 Å². The van der Waals surface area contributed by atoms with E-state index in [0.717, 1.165) is 11.1 Å². The number of nitrogens with zero attached hydrogens (tertiary/aromatic N) is 3. The number of aromatic nitrogens is 1. The van der Waals surface area contributed by atoms with Gasteiger partial charge in [-0.2, -0.15) is 0 Å². The Kier molecular flexibility index (Phi) is 7.80. The highest BCUT2D eigenvalue weighted by Gasteiger charge is 2.32. The van der Waals surface area contributed by atoms with E-state index in [1.165, 1.54) is 16.7 Å². The Morgan fingerprint density at radius 2 is 1.53 bits per heavy atom. The third kappa shape index (κ3) is 6.07. The highest BCUT2D eigenvalue weighted by atomic mass is 32.2. The first-order chi connectivity index (χ1) is 21.0. The van der Waals surface area contributed by atoms with E-state index in [4.69, 9.17) is 0 Å². The molecule has 0 saturated carbocycles. The van der Waals surface area contributed by atoms with Crippen LogP contribution in [-0.4, -0.2) is 38.8 Å². The van der Waals surface area contributed by atoms with Crippen LogP contribution in [0.1, 0.15) is 15.9 Å². The molecule has 0 atom stereocenters. The SMILES string of the molecule is O=C(CSC1=N/C(=C\c2ccccc2)C(=O)N1c1ccccc1)Nc1ccc(-c2cc(C(=O)O)c3ccccc3n2)cc1. The normalized spacial score (nSPS) is 13.8. The molecule has 2 heterocycles. The lowest BCUT2D eigenvalue weighted by molar-refractivity contribution is -0.114. The fraction of sp³-hybridized carbons (Fsp3) is 0.0294. The van der Waals surface area contributed by atoms with Crippen LogP contribution in [0.4, 0.5) is 11.4 Å². The number of carboxylic acid groups (broad SMARTS) is 1. The molecule has 1 aromatic heterocycles. The molecule has 4 aromatic carbocycles. The van der Waals surface area contributed by atoms with Gasteiger partial charge in [0.1, 0.15) is 5.70 Å². The predicted molar refractivity (Wildman–Crippen MR) is 171 cm³/mol. The second kappa shape index (κ2) is 12.1. The van der Waals surface area contributed by atoms with Gasteiger partial charge in [-0.25, -0.2) is 14.8 Å². The molecule has 0 unspecified atom stereocenters. The van der Waals surface area contributed by atoms with Crippen LogP contribution in [-0.2, 0) is 9.59 Å². The van der Waals surface area contributed by atoms with E-state index in [0.29, 0.717) is 38.8 Å². The number of thioether (sulfide) groups is 1. The molecular weight excluding hydrogens is 560 g/mol. The number of fused-ring (bicyclic) bond motifs is 1. The van der Waals surface area contributed by atoms with Crippen LogP contribution in [0.15, 0.2) is 126 Å². The van der Waals surface area contributed by atoms with Gasteiger partial charge >= 0.3 is 5.97 Å². The van der Waals surface area contributed by atoms with Gasteiger partial charge in [-0.15, -0.1) is 0 Å². The summed E-state index contributed by atoms with van der Waals surface area (Å²) in [4.78, 5) is 48.8. The maximum Gasteiger partial charge on any atom is 0.336 e. The van der Waals surface area contributed by atoms with Crippen molar-refractivity contribution >= 4 is 63.1 Å². The van der Waals surface area contributed by atoms with Crippen molar-refractivity contribution in [3.05, 3.63) is 132 Å². The minimum Gasteiger partial charge on any atom is -0.478 e. The molecule has 0 bridgehead atoms. The molecule has 210 valence electrons. The lowest BCUT2D eigenvalue weighted by Crippen LogP contribution is -2.31. The number of hydrogen-bond acceptors (Lipinski definition) is 6. The highest BCUT2D eigenvalue weighted by molar-refractivity contribution is 8.14. The molecule has 0 fully saturated rings. The minimum absolute atomic E-state index is 0.0318. The first-order valence-corrected chi connectivity index (χ1v) is 14.4. The molecule has 6 rings (SSSR count). The van der Waals surface area contributed by atoms with Crippen LogP contribution in [0, 0.1) is 0 Å². The topological polar surface area (TPSA) is 112 Å². The first-order valence-electron chi connectivity index (χ1n) is 13.4. The third-order valence-electron chi connectivity index (χ3n) is 6.69. The number of anilines is 2. The molecule has 2 N–H and O–H groups in total. The van der Waals surface area contributed by atoms with Crippen LogP contribution >= 0.6 is 11.8 Å². The van der Waals surface area contributed by atoms with Gasteiger partial charge in [0.05, 0.1) is 28.2 Å². The zero-order chi connectivity index (χ0) is 29.8. The number of para-hydroxylation sites is 2. The smallest absolute Gasteiger partial charge is 0.336 e. The summed E-state index contributed by atoms with van der Waals surface area (Å²) in [6.07, 6.45) is 1.73. The Bertz CT molecular complexity index is 1910. The molecule has 0 saturated heterocycles. The number of carbonyl (C=O) groups excluding carboxylic acids is 2. The number of rotatable bonds is 7. The van der Waals surface area contributed by atoms with Crippen LogP contribution in [0.25, 0.3) is 28.2 Å². The molecule has 9 heteroatoms. The van der Waals surface area contributed by atoms with Crippen molar-refractivity contribution < 1.29 is 19.5 Å². The molecule has 5 aromatic rings. The Hall–Kier alpha value is -5.54. The lowest BCUT2D eigenvalue weighted by atomic mass is 10.0. The number of aliphatic imine (C=N–C) groups is 1. The molecule has 8 nitrogen and oxygen atoms in total. The predicted octanol–water partition coefficient (Wildman–Crippen LogP) is 6.72. The van der Waals surface area contributed by atoms with Gasteiger partial charge in [0.2, 0.25) is 5.91 Å². The molecular formula is C34H24N4O4S. The molecule has 2 amide bonds. The van der Waals surface area contributed by atoms with E-state index in [1.807, 2.05) is 66.7 Å². The molecule has 1 aliphatic rings. The van der Waals surface area contributed by atoms with Gasteiger partial charge in [0, 0.05) is 16.6 Å². The fourth-order valence-electron chi connectivity index (χ4n) is 4.66. The average molecular weight is 585 g/mol. The Morgan fingerprint density at radius 1 is 0.860 bits per heavy atom. The van der Waals surface area contributed by atoms with Crippen LogP contribution in [0.2, 0.25) is 0 Å². The summed E-state index contributed by atoms with van der Waals surface area (Å²) in [7, 11) is 0. The van der Waals surface area contributed by atoms with Crippen molar-refractivity contribution in [3.8, 4) is 11.3 Å². The average Bonchev–Trinajstić information content (AvgIpc) is 3.34. The Labute approximate surface area is 251 Å². The summed E-state index contributed by atoms with van der Waals surface area (Å²) in [5, 5.41) is 13.6. The Morgan fingerprint density at radius 3 is 2.26 bits per heavy atom. The Balaban J connectivity index is 1.17. The number of carbonyl (C=O) groups is 3. The summed E-state index contributed by atoms with van der Waals surface area (Å²) in [5.41, 5.74) is 4.39. The fourth-order valence-corrected chi connectivity index (χ4v) is 5.47. The number of carboxylic acids is 1. The number of aromatic carboxylic acids is 1. The number of pyridine rings is 1. The van der Waals surface area contributed by atoms with E-state index < -0.39 is 5.97 Å². The van der Waals surface area contributed by atoms with E-state index in [1.54, 1.807) is 54.6 Å². The zero-order valence-electron chi connectivity index (χ0n) is 22.7. The summed E-state index contributed by atoms with van der Waals surface area (Å²) in [5.74, 6) is -1.52. The van der Waals surface area contributed by atoms with Crippen molar-refractivity contribution in [1.82, 2.24) is 4.98 Å². The second-order valence-corrected chi connectivity index (χ2v) is 10.5. The third-order valence-corrected chi connectivity index (χ3v) is 7.63. The number of hydrogen-bond donors (Lipinski definition) is 2. The van der Waals surface area contributed by atoms with Crippen molar-refractivity contribution in [3.63, 3.8) is 0 Å². The van der Waals surface area contributed by atoms with E-state index in [9.17, 15) is 19.5 Å². The number of benzene rings is 4. The molecule has 0 aliphatic carbocycles. The minimum atomic E-state index is -1.02. The van der Waals surface area contributed by atoms with Gasteiger partial charge in [0.15, 0.2) is 5.17 Å². The quantitative estimate of drug-likeness (QED) is 0.206. The van der Waals surface area contributed by atoms with E-state index >= 15 is 0 Å². The summed E-state index contributed by atoms with van der Waals surface area (Å²) < 4.78 is 0. The maximum atomic E-state index is 13.3. The zero-order valence-corrected chi connectivity index (χ0v) is 23.5. The van der Waals surface area contributed by atoms with Crippen LogP contribution in [0.3, 0.4) is 0 Å². The largest absolute Gasteiger partial charge is 0.478 e. The first kappa shape index (κ1) is 27.6. The molecule has 0 spiro atoms. The van der Waals surface area contributed by atoms with E-state index in [2.05, 4.69) is 15.3 Å². The summed E-state index contributed by atoms with van der Waals surface area (Å²) in [6.45, 7) is 0. The standard InChI is InChI=1S/C34H24N4O4S/c39-31(35-24-17-15-23(16-18-24)29-20-27(33(41)42)26-13-7-8-14-28(26)36-29)21-43-34-37-30(19-22-9-3-1-4-10-22)32(40)38(34)25-11-5-2-6-12-25/h1-20H,21H2,(H,35,39)(H,41,42)/b30-19-. The van der Waals surface area contributed by atoms with Crippen molar-refractivity contribution in [2.24, 2.45) is 4.99 Å². The van der Waals surface area contributed by atoms with Crippen molar-refractivity contribution in [1.29, 1.82) is 0 Å². The number of nitrogens with one attached hydrogen (secondary N) is 1. The van der Waals surface area contributed by atoms with Gasteiger partial charge in [-0.05, 0) is 48.0 Å². The summed E-state index contributed by atoms with van der Waals surface area (Å²) in [6, 6.07) is 34.4.